The van der Waals surface area contributed by atoms with Crippen LogP contribution in [-0.4, -0.2) is 17.6 Å². The Hall–Kier alpha value is -2.56. The van der Waals surface area contributed by atoms with Crippen LogP contribution < -0.4 is 11.1 Å². The second-order valence-electron chi connectivity index (χ2n) is 4.78. The van der Waals surface area contributed by atoms with Gasteiger partial charge in [-0.3, -0.25) is 0 Å². The smallest absolute Gasteiger partial charge is 0.340 e. The highest BCUT2D eigenvalue weighted by molar-refractivity contribution is 5.98. The molecule has 3 N–H and O–H groups in total. The third-order valence-electron chi connectivity index (χ3n) is 3.12. The Morgan fingerprint density at radius 1 is 1.33 bits per heavy atom. The van der Waals surface area contributed by atoms with E-state index in [0.717, 1.165) is 11.3 Å². The topological polar surface area (TPSA) is 77.2 Å². The van der Waals surface area contributed by atoms with E-state index >= 15 is 0 Å². The molecule has 0 spiro atoms. The number of nitrogen functional groups attached to an aromatic ring is 1. The molecule has 0 saturated carbocycles. The molecule has 0 aliphatic carbocycles. The highest BCUT2D eigenvalue weighted by Gasteiger charge is 2.15. The number of benzene rings is 1. The van der Waals surface area contributed by atoms with Gasteiger partial charge in [-0.15, -0.1) is 0 Å². The van der Waals surface area contributed by atoms with E-state index in [9.17, 15) is 4.79 Å². The zero-order valence-corrected chi connectivity index (χ0v) is 12.4. The van der Waals surface area contributed by atoms with Gasteiger partial charge in [0.05, 0.1) is 17.9 Å². The molecular formula is C16H19N3O2. The van der Waals surface area contributed by atoms with E-state index in [-0.39, 0.29) is 5.69 Å². The molecule has 0 radical (unpaired) electrons. The molecule has 0 amide bonds. The van der Waals surface area contributed by atoms with E-state index in [1.165, 1.54) is 11.8 Å². The first-order valence-electron chi connectivity index (χ1n) is 6.78. The lowest BCUT2D eigenvalue weighted by Crippen LogP contribution is -2.10. The van der Waals surface area contributed by atoms with Gasteiger partial charge in [-0.1, -0.05) is 17.7 Å². The number of esters is 1. The van der Waals surface area contributed by atoms with E-state index in [1.807, 2.05) is 26.0 Å². The fraction of sp³-hybridized carbons (Fsp3) is 0.250. The van der Waals surface area contributed by atoms with Crippen LogP contribution in [0.2, 0.25) is 0 Å². The van der Waals surface area contributed by atoms with Gasteiger partial charge in [-0.05, 0) is 38.5 Å². The summed E-state index contributed by atoms with van der Waals surface area (Å²) in [7, 11) is 0. The molecule has 0 saturated heterocycles. The Labute approximate surface area is 124 Å². The van der Waals surface area contributed by atoms with Gasteiger partial charge in [0, 0.05) is 11.9 Å². The van der Waals surface area contributed by atoms with Crippen LogP contribution in [0.15, 0.2) is 30.5 Å². The number of ether oxygens (including phenoxy) is 1. The number of aromatic nitrogens is 1. The summed E-state index contributed by atoms with van der Waals surface area (Å²) >= 11 is 0. The summed E-state index contributed by atoms with van der Waals surface area (Å²) in [6, 6.07) is 7.58. The number of aryl methyl sites for hydroxylation is 2. The monoisotopic (exact) mass is 285 g/mol. The second kappa shape index (κ2) is 6.26. The molecule has 0 fully saturated rings. The van der Waals surface area contributed by atoms with Gasteiger partial charge in [0.15, 0.2) is 5.82 Å². The second-order valence-corrected chi connectivity index (χ2v) is 4.78. The summed E-state index contributed by atoms with van der Waals surface area (Å²) in [6.07, 6.45) is 1.54. The predicted octanol–water partition coefficient (Wildman–Crippen LogP) is 3.20. The molecule has 5 heteroatoms. The fourth-order valence-corrected chi connectivity index (χ4v) is 2.04. The van der Waals surface area contributed by atoms with Crippen molar-refractivity contribution in [1.82, 2.24) is 4.98 Å². The van der Waals surface area contributed by atoms with Gasteiger partial charge in [-0.25, -0.2) is 9.78 Å². The first kappa shape index (κ1) is 14.8. The lowest BCUT2D eigenvalue weighted by atomic mass is 10.1. The molecule has 1 heterocycles. The van der Waals surface area contributed by atoms with Crippen LogP contribution in [0.3, 0.4) is 0 Å². The van der Waals surface area contributed by atoms with Crippen molar-refractivity contribution in [2.45, 2.75) is 20.8 Å². The quantitative estimate of drug-likeness (QED) is 0.843. The molecule has 2 aromatic rings. The van der Waals surface area contributed by atoms with Crippen molar-refractivity contribution in [3.05, 3.63) is 47.2 Å². The number of pyridine rings is 1. The van der Waals surface area contributed by atoms with Gasteiger partial charge in [0.1, 0.15) is 0 Å². The number of nitrogens with one attached hydrogen (secondary N) is 1. The van der Waals surface area contributed by atoms with Crippen LogP contribution >= 0.6 is 0 Å². The summed E-state index contributed by atoms with van der Waals surface area (Å²) in [5, 5.41) is 3.16. The zero-order valence-electron chi connectivity index (χ0n) is 12.4. The average Bonchev–Trinajstić information content (AvgIpc) is 2.44. The Balaban J connectivity index is 2.32. The largest absolute Gasteiger partial charge is 0.462 e. The minimum absolute atomic E-state index is 0.288. The molecule has 0 aliphatic rings. The number of hydrogen-bond acceptors (Lipinski definition) is 5. The van der Waals surface area contributed by atoms with Crippen LogP contribution in [0.4, 0.5) is 17.2 Å². The first-order valence-corrected chi connectivity index (χ1v) is 6.78. The highest BCUT2D eigenvalue weighted by atomic mass is 16.5. The molecule has 0 unspecified atom stereocenters. The van der Waals surface area contributed by atoms with Crippen LogP contribution in [-0.2, 0) is 4.74 Å². The molecular weight excluding hydrogens is 266 g/mol. The number of rotatable bonds is 4. The molecule has 110 valence electrons. The molecule has 21 heavy (non-hydrogen) atoms. The molecule has 0 bridgehead atoms. The van der Waals surface area contributed by atoms with Gasteiger partial charge < -0.3 is 15.8 Å². The van der Waals surface area contributed by atoms with Gasteiger partial charge in [0.25, 0.3) is 0 Å². The van der Waals surface area contributed by atoms with E-state index < -0.39 is 5.97 Å². The van der Waals surface area contributed by atoms with Gasteiger partial charge in [0.2, 0.25) is 0 Å². The molecule has 0 atom stereocenters. The molecule has 0 aliphatic heterocycles. The van der Waals surface area contributed by atoms with Crippen LogP contribution in [0, 0.1) is 13.8 Å². The summed E-state index contributed by atoms with van der Waals surface area (Å²) in [5.74, 6) is 0.00795. The summed E-state index contributed by atoms with van der Waals surface area (Å²) in [5.41, 5.74) is 9.79. The minimum Gasteiger partial charge on any atom is -0.462 e. The molecule has 1 aromatic carbocycles. The van der Waals surface area contributed by atoms with Crippen molar-refractivity contribution in [3.8, 4) is 0 Å². The SMILES string of the molecule is CCOC(=O)c1ccnc(Nc2ccc(C)cc2C)c1N. The predicted molar refractivity (Wildman–Crippen MR) is 83.8 cm³/mol. The van der Waals surface area contributed by atoms with E-state index in [0.29, 0.717) is 18.0 Å². The molecule has 1 aromatic heterocycles. The van der Waals surface area contributed by atoms with Crippen LogP contribution in [0.25, 0.3) is 0 Å². The summed E-state index contributed by atoms with van der Waals surface area (Å²) in [4.78, 5) is 16.0. The van der Waals surface area contributed by atoms with E-state index in [2.05, 4.69) is 16.4 Å². The minimum atomic E-state index is -0.443. The average molecular weight is 285 g/mol. The van der Waals surface area contributed by atoms with Crippen LogP contribution in [0.1, 0.15) is 28.4 Å². The van der Waals surface area contributed by atoms with Crippen molar-refractivity contribution >= 4 is 23.2 Å². The maximum atomic E-state index is 11.8. The zero-order chi connectivity index (χ0) is 15.4. The molecule has 5 nitrogen and oxygen atoms in total. The Bertz CT molecular complexity index is 669. The van der Waals surface area contributed by atoms with Gasteiger partial charge in [-0.2, -0.15) is 0 Å². The van der Waals surface area contributed by atoms with Gasteiger partial charge >= 0.3 is 5.97 Å². The van der Waals surface area contributed by atoms with E-state index in [4.69, 9.17) is 10.5 Å². The standard InChI is InChI=1S/C16H19N3O2/c1-4-21-16(20)12-7-8-18-15(14(12)17)19-13-6-5-10(2)9-11(13)3/h5-9H,4,17H2,1-3H3,(H,18,19). The lowest BCUT2D eigenvalue weighted by molar-refractivity contribution is 0.0527. The summed E-state index contributed by atoms with van der Waals surface area (Å²) < 4.78 is 4.98. The van der Waals surface area contributed by atoms with Crippen molar-refractivity contribution < 1.29 is 9.53 Å². The number of nitrogens with two attached hydrogens (primary N) is 1. The Morgan fingerprint density at radius 2 is 2.10 bits per heavy atom. The maximum Gasteiger partial charge on any atom is 0.340 e. The maximum absolute atomic E-state index is 11.8. The first-order chi connectivity index (χ1) is 10.0. The third kappa shape index (κ3) is 3.31. The van der Waals surface area contributed by atoms with Crippen molar-refractivity contribution in [2.24, 2.45) is 0 Å². The van der Waals surface area contributed by atoms with Crippen molar-refractivity contribution in [2.75, 3.05) is 17.7 Å². The third-order valence-corrected chi connectivity index (χ3v) is 3.12. The van der Waals surface area contributed by atoms with E-state index in [1.54, 1.807) is 13.0 Å². The number of hydrogen-bond donors (Lipinski definition) is 2. The molecule has 2 rings (SSSR count). The van der Waals surface area contributed by atoms with Crippen LogP contribution in [0.5, 0.6) is 0 Å². The fourth-order valence-electron chi connectivity index (χ4n) is 2.04. The Morgan fingerprint density at radius 3 is 2.76 bits per heavy atom. The van der Waals surface area contributed by atoms with Crippen molar-refractivity contribution in [3.63, 3.8) is 0 Å². The number of nitrogens with zero attached hydrogens (tertiary/aromatic N) is 1. The normalized spacial score (nSPS) is 10.2. The highest BCUT2D eigenvalue weighted by Crippen LogP contribution is 2.26. The number of anilines is 3. The van der Waals surface area contributed by atoms with Crippen molar-refractivity contribution in [1.29, 1.82) is 0 Å². The summed E-state index contributed by atoms with van der Waals surface area (Å²) in [6.45, 7) is 6.09. The number of carbonyl (C=O) groups excluding carboxylic acids is 1. The number of carbonyl (C=O) groups is 1. The Kier molecular flexibility index (Phi) is 4.42. The lowest BCUT2D eigenvalue weighted by Gasteiger charge is -2.13.